The molecule has 0 radical (unpaired) electrons. The number of rotatable bonds is 4. The standard InChI is InChI=1S/C2HClF4O4S/c3-11-12(8,9)10-2(6,7)1(4)5/h1H. The molecule has 0 aliphatic carbocycles. The van der Waals surface area contributed by atoms with Crippen LogP contribution in [0.4, 0.5) is 17.6 Å². The van der Waals surface area contributed by atoms with Crippen molar-refractivity contribution in [3.63, 3.8) is 0 Å². The Balaban J connectivity index is 4.46. The Hall–Kier alpha value is -0.120. The van der Waals surface area contributed by atoms with Gasteiger partial charge in [-0.1, -0.05) is 0 Å². The number of hydrogen-bond acceptors (Lipinski definition) is 4. The molecule has 0 aromatic rings. The summed E-state index contributed by atoms with van der Waals surface area (Å²) in [5.74, 6) is 0. The van der Waals surface area contributed by atoms with E-state index in [4.69, 9.17) is 0 Å². The largest absolute Gasteiger partial charge is 0.431 e. The molecule has 0 saturated carbocycles. The van der Waals surface area contributed by atoms with Crippen molar-refractivity contribution < 1.29 is 33.9 Å². The van der Waals surface area contributed by atoms with Crippen molar-refractivity contribution in [1.29, 1.82) is 0 Å². The lowest BCUT2D eigenvalue weighted by atomic mass is 10.7. The molecule has 0 aliphatic rings. The first-order valence-corrected chi connectivity index (χ1v) is 3.77. The SMILES string of the molecule is O=S(=O)(OCl)OC(F)(F)C(F)F. The molecule has 74 valence electrons. The molecule has 0 aromatic heterocycles. The summed E-state index contributed by atoms with van der Waals surface area (Å²) in [5.41, 5.74) is 0. The van der Waals surface area contributed by atoms with Crippen LogP contribution in [0.1, 0.15) is 0 Å². The van der Waals surface area contributed by atoms with E-state index in [1.807, 2.05) is 0 Å². The molecule has 0 fully saturated rings. The first-order valence-electron chi connectivity index (χ1n) is 2.13. The monoisotopic (exact) mass is 232 g/mol. The lowest BCUT2D eigenvalue weighted by molar-refractivity contribution is -0.253. The fraction of sp³-hybridized carbons (Fsp3) is 1.00. The van der Waals surface area contributed by atoms with Gasteiger partial charge in [-0.3, -0.25) is 0 Å². The van der Waals surface area contributed by atoms with Gasteiger partial charge in [0.2, 0.25) is 0 Å². The molecule has 0 amide bonds. The second kappa shape index (κ2) is 3.73. The third kappa shape index (κ3) is 3.52. The summed E-state index contributed by atoms with van der Waals surface area (Å²) < 4.78 is 71.2. The van der Waals surface area contributed by atoms with Crippen LogP contribution in [-0.4, -0.2) is 21.0 Å². The van der Waals surface area contributed by atoms with Crippen molar-refractivity contribution in [2.75, 3.05) is 0 Å². The maximum absolute atomic E-state index is 11.7. The van der Waals surface area contributed by atoms with E-state index in [0.29, 0.717) is 0 Å². The van der Waals surface area contributed by atoms with Crippen molar-refractivity contribution in [2.24, 2.45) is 0 Å². The smallest absolute Gasteiger partial charge is 0.200 e. The zero-order valence-electron chi connectivity index (χ0n) is 5.01. The van der Waals surface area contributed by atoms with E-state index >= 15 is 0 Å². The maximum Gasteiger partial charge on any atom is 0.431 e. The van der Waals surface area contributed by atoms with Crippen molar-refractivity contribution >= 4 is 22.3 Å². The van der Waals surface area contributed by atoms with Gasteiger partial charge in [0.05, 0.1) is 11.9 Å². The molecular formula is C2HClF4O4S. The zero-order chi connectivity index (χ0) is 9.99. The highest BCUT2D eigenvalue weighted by Gasteiger charge is 2.47. The minimum Gasteiger partial charge on any atom is -0.200 e. The average molecular weight is 233 g/mol. The molecule has 0 heterocycles. The average Bonchev–Trinajstić information content (AvgIpc) is 1.85. The van der Waals surface area contributed by atoms with Crippen LogP contribution in [0.2, 0.25) is 0 Å². The van der Waals surface area contributed by atoms with Crippen molar-refractivity contribution in [3.05, 3.63) is 0 Å². The normalized spacial score (nSPS) is 13.8. The van der Waals surface area contributed by atoms with Gasteiger partial charge in [0.1, 0.15) is 0 Å². The van der Waals surface area contributed by atoms with Crippen LogP contribution in [0.5, 0.6) is 0 Å². The zero-order valence-corrected chi connectivity index (χ0v) is 6.58. The molecule has 0 spiro atoms. The summed E-state index contributed by atoms with van der Waals surface area (Å²) in [4.78, 5) is 0. The van der Waals surface area contributed by atoms with Crippen LogP contribution < -0.4 is 0 Å². The Morgan fingerprint density at radius 1 is 1.33 bits per heavy atom. The topological polar surface area (TPSA) is 52.6 Å². The quantitative estimate of drug-likeness (QED) is 0.685. The number of halogens is 5. The van der Waals surface area contributed by atoms with Crippen LogP contribution in [-0.2, 0) is 18.3 Å². The molecule has 0 aromatic carbocycles. The number of hydrogen-bond donors (Lipinski definition) is 0. The van der Waals surface area contributed by atoms with Crippen LogP contribution in [0.3, 0.4) is 0 Å². The molecule has 10 heteroatoms. The van der Waals surface area contributed by atoms with Crippen LogP contribution >= 0.6 is 11.9 Å². The third-order valence-corrected chi connectivity index (χ3v) is 1.59. The van der Waals surface area contributed by atoms with Crippen molar-refractivity contribution in [1.82, 2.24) is 0 Å². The fourth-order valence-corrected chi connectivity index (χ4v) is 0.633. The van der Waals surface area contributed by atoms with Gasteiger partial charge in [0.15, 0.2) is 0 Å². The van der Waals surface area contributed by atoms with Gasteiger partial charge in [-0.15, -0.1) is 3.74 Å². The van der Waals surface area contributed by atoms with Gasteiger partial charge in [-0.2, -0.15) is 21.4 Å². The second-order valence-electron chi connectivity index (χ2n) is 1.42. The lowest BCUT2D eigenvalue weighted by Crippen LogP contribution is -2.32. The van der Waals surface area contributed by atoms with Gasteiger partial charge < -0.3 is 0 Å². The first-order chi connectivity index (χ1) is 5.21. The predicted molar refractivity (Wildman–Crippen MR) is 27.9 cm³/mol. The molecule has 0 atom stereocenters. The van der Waals surface area contributed by atoms with E-state index in [9.17, 15) is 26.0 Å². The highest BCUT2D eigenvalue weighted by Crippen LogP contribution is 2.26. The van der Waals surface area contributed by atoms with Gasteiger partial charge in [-0.25, -0.2) is 8.78 Å². The first kappa shape index (κ1) is 11.9. The second-order valence-corrected chi connectivity index (χ2v) is 2.90. The van der Waals surface area contributed by atoms with E-state index in [1.165, 1.54) is 0 Å². The molecule has 12 heavy (non-hydrogen) atoms. The van der Waals surface area contributed by atoms with E-state index < -0.39 is 22.9 Å². The molecular weight excluding hydrogens is 232 g/mol. The summed E-state index contributed by atoms with van der Waals surface area (Å²) in [7, 11) is -5.29. The summed E-state index contributed by atoms with van der Waals surface area (Å²) in [5, 5.41) is 0. The molecule has 0 unspecified atom stereocenters. The molecule has 0 bridgehead atoms. The van der Waals surface area contributed by atoms with Crippen LogP contribution in [0.15, 0.2) is 0 Å². The Morgan fingerprint density at radius 2 is 1.75 bits per heavy atom. The maximum atomic E-state index is 11.7. The van der Waals surface area contributed by atoms with Gasteiger partial charge in [0, 0.05) is 0 Å². The third-order valence-electron chi connectivity index (χ3n) is 0.544. The summed E-state index contributed by atoms with van der Waals surface area (Å²) >= 11 is 4.11. The highest BCUT2D eigenvalue weighted by molar-refractivity contribution is 7.82. The van der Waals surface area contributed by atoms with Gasteiger partial charge in [-0.05, 0) is 0 Å². The minimum absolute atomic E-state index is 2.57. The van der Waals surface area contributed by atoms with E-state index in [2.05, 4.69) is 19.8 Å². The molecule has 4 nitrogen and oxygen atoms in total. The van der Waals surface area contributed by atoms with Gasteiger partial charge >= 0.3 is 22.9 Å². The van der Waals surface area contributed by atoms with E-state index in [0.717, 1.165) is 0 Å². The summed E-state index contributed by atoms with van der Waals surface area (Å²) in [6, 6.07) is 0. The van der Waals surface area contributed by atoms with Crippen molar-refractivity contribution in [2.45, 2.75) is 12.5 Å². The Labute approximate surface area is 69.5 Å². The molecule has 0 N–H and O–H groups in total. The van der Waals surface area contributed by atoms with Crippen LogP contribution in [0.25, 0.3) is 0 Å². The Bertz CT molecular complexity index is 237. The summed E-state index contributed by atoms with van der Waals surface area (Å²) in [6.07, 6.45) is -9.44. The lowest BCUT2D eigenvalue weighted by Gasteiger charge is -2.12. The summed E-state index contributed by atoms with van der Waals surface area (Å²) in [6.45, 7) is 0. The van der Waals surface area contributed by atoms with Gasteiger partial charge in [0.25, 0.3) is 0 Å². The highest BCUT2D eigenvalue weighted by atomic mass is 35.5. The predicted octanol–water partition coefficient (Wildman–Crippen LogP) is 1.28. The molecule has 0 rings (SSSR count). The van der Waals surface area contributed by atoms with Crippen molar-refractivity contribution in [3.8, 4) is 0 Å². The molecule has 0 aliphatic heterocycles. The van der Waals surface area contributed by atoms with Crippen LogP contribution in [0, 0.1) is 0 Å². The fourth-order valence-electron chi connectivity index (χ4n) is 0.185. The van der Waals surface area contributed by atoms with E-state index in [1.54, 1.807) is 0 Å². The number of alkyl halides is 4. The molecule has 0 saturated heterocycles. The minimum atomic E-state index is -5.29. The Kier molecular flexibility index (Phi) is 3.69. The Morgan fingerprint density at radius 3 is 2.00 bits per heavy atom. The van der Waals surface area contributed by atoms with E-state index in [-0.39, 0.29) is 0 Å².